The molecule has 0 aromatic rings. The van der Waals surface area contributed by atoms with Gasteiger partial charge in [0.15, 0.2) is 24.0 Å². The fourth-order valence-corrected chi connectivity index (χ4v) is 0.610. The van der Waals surface area contributed by atoms with Crippen LogP contribution in [0.3, 0.4) is 0 Å². The summed E-state index contributed by atoms with van der Waals surface area (Å²) in [5, 5.41) is 8.05. The van der Waals surface area contributed by atoms with Gasteiger partial charge in [-0.2, -0.15) is 0 Å². The number of carboxylic acid groups (broad SMARTS) is 1. The van der Waals surface area contributed by atoms with E-state index < -0.39 is 14.0 Å². The minimum absolute atomic E-state index is 0. The van der Waals surface area contributed by atoms with Gasteiger partial charge in [0.2, 0.25) is 0 Å². The largest absolute Gasteiger partial charge is 0.504 e. The quantitative estimate of drug-likeness (QED) is 0.476. The maximum Gasteiger partial charge on any atom is 0.504 e. The van der Waals surface area contributed by atoms with Gasteiger partial charge < -0.3 is 5.11 Å². The summed E-state index contributed by atoms with van der Waals surface area (Å²) in [4.78, 5) is 9.81. The van der Waals surface area contributed by atoms with E-state index in [1.54, 1.807) is 0 Å². The molecule has 6 heteroatoms. The molecule has 0 radical (unpaired) electrons. The monoisotopic (exact) mass is 181 g/mol. The van der Waals surface area contributed by atoms with Crippen molar-refractivity contribution < 1.29 is 19.0 Å². The Morgan fingerprint density at radius 2 is 2.20 bits per heavy atom. The Morgan fingerprint density at radius 1 is 1.70 bits per heavy atom. The highest BCUT2D eigenvalue weighted by atomic mass is 31.1. The average Bonchev–Trinajstić information content (AvgIpc) is 1.63. The smallest absolute Gasteiger partial charge is 0.481 e. The zero-order valence-electron chi connectivity index (χ0n) is 5.03. The minimum atomic E-state index is -1.64. The van der Waals surface area contributed by atoms with Crippen LogP contribution in [0.4, 0.5) is 0 Å². The maximum atomic E-state index is 10.2. The molecule has 0 spiro atoms. The molecule has 0 aliphatic heterocycles. The van der Waals surface area contributed by atoms with Crippen molar-refractivity contribution in [1.29, 1.82) is 0 Å². The van der Waals surface area contributed by atoms with Crippen LogP contribution in [0.15, 0.2) is 0 Å². The molecule has 4 nitrogen and oxygen atoms in total. The molecule has 1 N–H and O–H groups in total. The molecule has 0 amide bonds. The molecule has 0 aromatic heterocycles. The summed E-state index contributed by atoms with van der Waals surface area (Å²) in [5.74, 6) is -0.938. The van der Waals surface area contributed by atoms with E-state index in [0.717, 1.165) is 0 Å². The second kappa shape index (κ2) is 7.17. The van der Waals surface area contributed by atoms with Gasteiger partial charge in [0.1, 0.15) is 6.61 Å². The first-order valence-corrected chi connectivity index (χ1v) is 4.01. The molecule has 0 rings (SSSR count). The van der Waals surface area contributed by atoms with E-state index >= 15 is 0 Å². The molecule has 1 atom stereocenters. The van der Waals surface area contributed by atoms with Crippen molar-refractivity contribution in [3.05, 3.63) is 0 Å². The van der Waals surface area contributed by atoms with Crippen molar-refractivity contribution in [2.24, 2.45) is 0 Å². The van der Waals surface area contributed by atoms with Gasteiger partial charge >= 0.3 is 14.0 Å². The van der Waals surface area contributed by atoms with Gasteiger partial charge in [-0.15, -0.1) is 4.52 Å². The van der Waals surface area contributed by atoms with Gasteiger partial charge in [0, 0.05) is 0 Å². The van der Waals surface area contributed by atoms with Crippen molar-refractivity contribution >= 4 is 31.4 Å². The summed E-state index contributed by atoms with van der Waals surface area (Å²) in [7, 11) is -1.64. The summed E-state index contributed by atoms with van der Waals surface area (Å²) in [6.07, 6.45) is -0.0884. The highest BCUT2D eigenvalue weighted by molar-refractivity contribution is 7.38. The molecule has 0 aliphatic carbocycles. The van der Waals surface area contributed by atoms with Crippen molar-refractivity contribution in [2.75, 3.05) is 13.3 Å². The highest BCUT2D eigenvalue weighted by Gasteiger charge is 2.07. The third kappa shape index (κ3) is 10.9. The number of carboxylic acids is 1. The number of aliphatic carboxylic acids is 1. The number of hydrogen-bond donors (Lipinski definition) is 1. The van der Waals surface area contributed by atoms with Gasteiger partial charge in [0.25, 0.3) is 0 Å². The third-order valence-electron chi connectivity index (χ3n) is 0.589. The second-order valence-corrected chi connectivity index (χ2v) is 2.55. The standard InChI is InChI=1S/C4H7O4P.Al.3H/c1-9(7)8-3-2-4(5)6;;;;/h2-3H2,1H3;;;;/p+1. The minimum Gasteiger partial charge on any atom is -0.481 e. The van der Waals surface area contributed by atoms with Crippen LogP contribution in [-0.2, 0) is 13.9 Å². The molecule has 0 aliphatic rings. The zero-order chi connectivity index (χ0) is 7.28. The first kappa shape index (κ1) is 12.7. The van der Waals surface area contributed by atoms with Crippen LogP contribution in [0.2, 0.25) is 0 Å². The molecule has 0 aromatic carbocycles. The maximum absolute atomic E-state index is 10.2. The van der Waals surface area contributed by atoms with E-state index in [1.807, 2.05) is 0 Å². The van der Waals surface area contributed by atoms with Crippen LogP contribution in [0, 0.1) is 0 Å². The Bertz CT molecular complexity index is 112. The summed E-state index contributed by atoms with van der Waals surface area (Å²) in [6.45, 7) is 1.41. The Labute approximate surface area is 70.6 Å². The molecule has 0 saturated carbocycles. The van der Waals surface area contributed by atoms with E-state index in [2.05, 4.69) is 4.52 Å². The van der Waals surface area contributed by atoms with Gasteiger partial charge in [0.05, 0.1) is 6.42 Å². The molecule has 58 valence electrons. The van der Waals surface area contributed by atoms with Crippen molar-refractivity contribution in [3.63, 3.8) is 0 Å². The average molecular weight is 181 g/mol. The van der Waals surface area contributed by atoms with Crippen LogP contribution in [0.5, 0.6) is 0 Å². The lowest BCUT2D eigenvalue weighted by Crippen LogP contribution is -1.98. The van der Waals surface area contributed by atoms with Gasteiger partial charge in [-0.1, -0.05) is 0 Å². The molecule has 0 heterocycles. The molecule has 0 saturated heterocycles. The van der Waals surface area contributed by atoms with E-state index in [0.29, 0.717) is 0 Å². The summed E-state index contributed by atoms with van der Waals surface area (Å²) in [6, 6.07) is 0. The predicted molar refractivity (Wildman–Crippen MR) is 41.7 cm³/mol. The lowest BCUT2D eigenvalue weighted by Gasteiger charge is -1.84. The van der Waals surface area contributed by atoms with E-state index in [-0.39, 0.29) is 30.4 Å². The second-order valence-electron chi connectivity index (χ2n) is 1.42. The fraction of sp³-hybridized carbons (Fsp3) is 0.750. The van der Waals surface area contributed by atoms with Gasteiger partial charge in [-0.05, 0) is 4.57 Å². The van der Waals surface area contributed by atoms with E-state index in [4.69, 9.17) is 5.11 Å². The normalized spacial score (nSPS) is 9.90. The SMILES string of the molecule is C[P+](=O)OCCC(=O)O.[AlH3]. The Hall–Kier alpha value is 0.0625. The molecular formula is C4H11AlO4P+. The Balaban J connectivity index is 0. The number of rotatable bonds is 4. The summed E-state index contributed by atoms with van der Waals surface area (Å²) >= 11 is 0. The molecule has 10 heavy (non-hydrogen) atoms. The first-order chi connectivity index (χ1) is 4.13. The third-order valence-corrected chi connectivity index (χ3v) is 1.14. The number of carbonyl (C=O) groups is 1. The summed E-state index contributed by atoms with van der Waals surface area (Å²) in [5.41, 5.74) is 0. The lowest BCUT2D eigenvalue weighted by molar-refractivity contribution is -0.137. The van der Waals surface area contributed by atoms with Crippen LogP contribution >= 0.6 is 8.03 Å². The van der Waals surface area contributed by atoms with Crippen LogP contribution in [0.25, 0.3) is 0 Å². The number of hydrogen-bond acceptors (Lipinski definition) is 3. The van der Waals surface area contributed by atoms with E-state index in [9.17, 15) is 9.36 Å². The predicted octanol–water partition coefficient (Wildman–Crippen LogP) is -0.334. The molecular weight excluding hydrogens is 170 g/mol. The van der Waals surface area contributed by atoms with Crippen molar-refractivity contribution in [2.45, 2.75) is 6.42 Å². The summed E-state index contributed by atoms with van der Waals surface area (Å²) < 4.78 is 14.6. The topological polar surface area (TPSA) is 63.6 Å². The van der Waals surface area contributed by atoms with Crippen molar-refractivity contribution in [1.82, 2.24) is 0 Å². The lowest BCUT2D eigenvalue weighted by atomic mass is 10.5. The first-order valence-electron chi connectivity index (χ1n) is 2.38. The molecule has 0 fully saturated rings. The zero-order valence-corrected chi connectivity index (χ0v) is 5.93. The van der Waals surface area contributed by atoms with Gasteiger partial charge in [-0.3, -0.25) is 4.79 Å². The molecule has 0 bridgehead atoms. The fourth-order valence-electron chi connectivity index (χ4n) is 0.262. The van der Waals surface area contributed by atoms with Gasteiger partial charge in [-0.25, -0.2) is 0 Å². The van der Waals surface area contributed by atoms with Crippen LogP contribution in [0.1, 0.15) is 6.42 Å². The van der Waals surface area contributed by atoms with Crippen molar-refractivity contribution in [3.8, 4) is 0 Å². The van der Waals surface area contributed by atoms with E-state index in [1.165, 1.54) is 6.66 Å². The Kier molecular flexibility index (Phi) is 9.12. The van der Waals surface area contributed by atoms with Crippen LogP contribution in [-0.4, -0.2) is 41.7 Å². The van der Waals surface area contributed by atoms with Crippen LogP contribution < -0.4 is 0 Å². The molecule has 1 unspecified atom stereocenters. The Morgan fingerprint density at radius 3 is 2.50 bits per heavy atom. The highest BCUT2D eigenvalue weighted by Crippen LogP contribution is 2.14.